The topological polar surface area (TPSA) is 52.6 Å². The summed E-state index contributed by atoms with van der Waals surface area (Å²) in [5, 5.41) is 12.7. The Bertz CT molecular complexity index is 547. The van der Waals surface area contributed by atoms with Gasteiger partial charge >= 0.3 is 0 Å². The average Bonchev–Trinajstić information content (AvgIpc) is 2.47. The van der Waals surface area contributed by atoms with E-state index < -0.39 is 6.23 Å². The molecule has 4 nitrogen and oxygen atoms in total. The summed E-state index contributed by atoms with van der Waals surface area (Å²) < 4.78 is 0. The van der Waals surface area contributed by atoms with Crippen LogP contribution in [-0.4, -0.2) is 17.2 Å². The van der Waals surface area contributed by atoms with Gasteiger partial charge in [-0.25, -0.2) is 0 Å². The summed E-state index contributed by atoms with van der Waals surface area (Å²) >= 11 is 0. The van der Waals surface area contributed by atoms with Crippen LogP contribution in [0.25, 0.3) is 0 Å². The number of hydrogen-bond acceptors (Lipinski definition) is 3. The number of amides is 1. The second-order valence-electron chi connectivity index (χ2n) is 5.49. The molecular weight excluding hydrogens is 240 g/mol. The molecule has 0 radical (unpaired) electrons. The van der Waals surface area contributed by atoms with E-state index in [0.29, 0.717) is 0 Å². The lowest BCUT2D eigenvalue weighted by molar-refractivity contribution is -0.114. The maximum absolute atomic E-state index is 11.1. The standard InChI is InChI=1S/C15H20N2O2/c1-9-15(4,5)13-8-12(16-10(2)18)6-7-14(13)17(9)11(3)19/h6-8,11,19H,1H2,2-5H3,(H,16,18). The van der Waals surface area contributed by atoms with Gasteiger partial charge in [0.1, 0.15) is 6.23 Å². The Morgan fingerprint density at radius 2 is 2.11 bits per heavy atom. The molecule has 1 aliphatic heterocycles. The molecule has 102 valence electrons. The molecule has 0 saturated heterocycles. The highest BCUT2D eigenvalue weighted by atomic mass is 16.3. The molecule has 0 bridgehead atoms. The van der Waals surface area contributed by atoms with Crippen molar-refractivity contribution in [2.24, 2.45) is 0 Å². The van der Waals surface area contributed by atoms with Crippen LogP contribution in [0, 0.1) is 0 Å². The number of fused-ring (bicyclic) bond motifs is 1. The van der Waals surface area contributed by atoms with Gasteiger partial charge in [-0.2, -0.15) is 0 Å². The van der Waals surface area contributed by atoms with Crippen molar-refractivity contribution in [2.75, 3.05) is 10.2 Å². The molecule has 0 saturated carbocycles. The highest BCUT2D eigenvalue weighted by Crippen LogP contribution is 2.48. The summed E-state index contributed by atoms with van der Waals surface area (Å²) in [7, 11) is 0. The molecule has 0 spiro atoms. The molecule has 2 N–H and O–H groups in total. The van der Waals surface area contributed by atoms with E-state index in [2.05, 4.69) is 25.7 Å². The van der Waals surface area contributed by atoms with Crippen molar-refractivity contribution >= 4 is 17.3 Å². The number of nitrogens with zero attached hydrogens (tertiary/aromatic N) is 1. The third-order valence-electron chi connectivity index (χ3n) is 3.64. The summed E-state index contributed by atoms with van der Waals surface area (Å²) in [5.41, 5.74) is 3.36. The van der Waals surface area contributed by atoms with E-state index in [1.807, 2.05) is 23.1 Å². The third-order valence-corrected chi connectivity index (χ3v) is 3.64. The molecule has 0 aliphatic carbocycles. The van der Waals surface area contributed by atoms with Gasteiger partial charge in [0, 0.05) is 29.4 Å². The van der Waals surface area contributed by atoms with Gasteiger partial charge < -0.3 is 15.3 Å². The number of rotatable bonds is 2. The van der Waals surface area contributed by atoms with Gasteiger partial charge in [0.15, 0.2) is 0 Å². The first-order valence-corrected chi connectivity index (χ1v) is 6.34. The van der Waals surface area contributed by atoms with Crippen molar-refractivity contribution in [3.05, 3.63) is 36.0 Å². The number of anilines is 2. The first-order valence-electron chi connectivity index (χ1n) is 6.34. The molecular formula is C15H20N2O2. The SMILES string of the molecule is C=C1N(C(C)O)c2ccc(NC(C)=O)cc2C1(C)C. The first kappa shape index (κ1) is 13.6. The van der Waals surface area contributed by atoms with E-state index in [9.17, 15) is 9.90 Å². The Labute approximate surface area is 113 Å². The number of benzene rings is 1. The molecule has 1 aromatic rings. The highest BCUT2D eigenvalue weighted by Gasteiger charge is 2.40. The smallest absolute Gasteiger partial charge is 0.221 e. The van der Waals surface area contributed by atoms with E-state index in [4.69, 9.17) is 0 Å². The van der Waals surface area contributed by atoms with Crippen molar-refractivity contribution in [3.8, 4) is 0 Å². The lowest BCUT2D eigenvalue weighted by atomic mass is 9.84. The maximum atomic E-state index is 11.1. The number of aliphatic hydroxyl groups is 1. The van der Waals surface area contributed by atoms with E-state index in [0.717, 1.165) is 22.6 Å². The van der Waals surface area contributed by atoms with Crippen molar-refractivity contribution in [3.63, 3.8) is 0 Å². The van der Waals surface area contributed by atoms with Crippen molar-refractivity contribution in [2.45, 2.75) is 39.3 Å². The van der Waals surface area contributed by atoms with Gasteiger partial charge in [-0.3, -0.25) is 4.79 Å². The quantitative estimate of drug-likeness (QED) is 0.859. The Kier molecular flexibility index (Phi) is 3.14. The summed E-state index contributed by atoms with van der Waals surface area (Å²) in [5.74, 6) is -0.0954. The van der Waals surface area contributed by atoms with Crippen LogP contribution in [0.15, 0.2) is 30.5 Å². The Morgan fingerprint density at radius 1 is 1.47 bits per heavy atom. The van der Waals surface area contributed by atoms with Gasteiger partial charge in [0.25, 0.3) is 0 Å². The average molecular weight is 260 g/mol. The molecule has 19 heavy (non-hydrogen) atoms. The van der Waals surface area contributed by atoms with Crippen LogP contribution >= 0.6 is 0 Å². The zero-order chi connectivity index (χ0) is 14.4. The molecule has 1 heterocycles. The van der Waals surface area contributed by atoms with Crippen LogP contribution < -0.4 is 10.2 Å². The molecule has 4 heteroatoms. The molecule has 1 unspecified atom stereocenters. The maximum Gasteiger partial charge on any atom is 0.221 e. The summed E-state index contributed by atoms with van der Waals surface area (Å²) in [6.07, 6.45) is -0.625. The third kappa shape index (κ3) is 2.12. The Morgan fingerprint density at radius 3 is 2.63 bits per heavy atom. The lowest BCUT2D eigenvalue weighted by Gasteiger charge is -2.27. The monoisotopic (exact) mass is 260 g/mol. The summed E-state index contributed by atoms with van der Waals surface area (Å²) in [6, 6.07) is 5.70. The Balaban J connectivity index is 2.53. The lowest BCUT2D eigenvalue weighted by Crippen LogP contribution is -2.32. The number of carbonyl (C=O) groups is 1. The molecule has 1 atom stereocenters. The van der Waals surface area contributed by atoms with Crippen molar-refractivity contribution in [1.29, 1.82) is 0 Å². The predicted octanol–water partition coefficient (Wildman–Crippen LogP) is 2.59. The van der Waals surface area contributed by atoms with Crippen molar-refractivity contribution in [1.82, 2.24) is 0 Å². The van der Waals surface area contributed by atoms with Crippen LogP contribution in [-0.2, 0) is 10.2 Å². The molecule has 2 rings (SSSR count). The van der Waals surface area contributed by atoms with Crippen LogP contribution in [0.5, 0.6) is 0 Å². The second kappa shape index (κ2) is 4.38. The van der Waals surface area contributed by atoms with Crippen molar-refractivity contribution < 1.29 is 9.90 Å². The normalized spacial score (nSPS) is 18.2. The Hall–Kier alpha value is -1.81. The first-order chi connectivity index (χ1) is 8.75. The number of hydrogen-bond donors (Lipinski definition) is 2. The van der Waals surface area contributed by atoms with E-state index >= 15 is 0 Å². The molecule has 1 aromatic carbocycles. The predicted molar refractivity (Wildman–Crippen MR) is 77.1 cm³/mol. The van der Waals surface area contributed by atoms with E-state index in [-0.39, 0.29) is 11.3 Å². The second-order valence-corrected chi connectivity index (χ2v) is 5.49. The van der Waals surface area contributed by atoms with Crippen LogP contribution in [0.4, 0.5) is 11.4 Å². The van der Waals surface area contributed by atoms with Crippen LogP contribution in [0.2, 0.25) is 0 Å². The fraction of sp³-hybridized carbons (Fsp3) is 0.400. The molecule has 1 amide bonds. The highest BCUT2D eigenvalue weighted by molar-refractivity contribution is 5.89. The number of aliphatic hydroxyl groups excluding tert-OH is 1. The number of nitrogens with one attached hydrogen (secondary N) is 1. The molecule has 1 aliphatic rings. The molecule has 0 aromatic heterocycles. The van der Waals surface area contributed by atoms with Gasteiger partial charge in [-0.1, -0.05) is 20.4 Å². The van der Waals surface area contributed by atoms with Gasteiger partial charge in [0.2, 0.25) is 5.91 Å². The minimum absolute atomic E-state index is 0.0954. The van der Waals surface area contributed by atoms with E-state index in [1.165, 1.54) is 6.92 Å². The fourth-order valence-electron chi connectivity index (χ4n) is 2.56. The number of carbonyl (C=O) groups excluding carboxylic acids is 1. The number of allylic oxidation sites excluding steroid dienone is 1. The van der Waals surface area contributed by atoms with E-state index in [1.54, 1.807) is 6.92 Å². The van der Waals surface area contributed by atoms with Gasteiger partial charge in [-0.05, 0) is 30.7 Å². The minimum Gasteiger partial charge on any atom is -0.374 e. The molecule has 0 fully saturated rings. The van der Waals surface area contributed by atoms with Gasteiger partial charge in [0.05, 0.1) is 0 Å². The minimum atomic E-state index is -0.625. The van der Waals surface area contributed by atoms with Gasteiger partial charge in [-0.15, -0.1) is 0 Å². The van der Waals surface area contributed by atoms with Crippen LogP contribution in [0.1, 0.15) is 33.3 Å². The zero-order valence-electron chi connectivity index (χ0n) is 11.8. The largest absolute Gasteiger partial charge is 0.374 e. The summed E-state index contributed by atoms with van der Waals surface area (Å²) in [6.45, 7) is 11.4. The fourth-order valence-corrected chi connectivity index (χ4v) is 2.56. The zero-order valence-corrected chi connectivity index (χ0v) is 11.8. The van der Waals surface area contributed by atoms with Crippen LogP contribution in [0.3, 0.4) is 0 Å². The summed E-state index contributed by atoms with van der Waals surface area (Å²) in [4.78, 5) is 13.0.